The number of rotatable bonds is 4. The number of H-pyrrole nitrogens is 1. The summed E-state index contributed by atoms with van der Waals surface area (Å²) in [5.74, 6) is 3.10. The van der Waals surface area contributed by atoms with E-state index in [1.165, 1.54) is 0 Å². The quantitative estimate of drug-likeness (QED) is 0.932. The number of amides is 1. The zero-order valence-electron chi connectivity index (χ0n) is 13.9. The number of carbonyl (C=O) groups is 1. The van der Waals surface area contributed by atoms with Gasteiger partial charge in [-0.1, -0.05) is 5.16 Å². The number of nitrogens with one attached hydrogen (secondary N) is 1. The summed E-state index contributed by atoms with van der Waals surface area (Å²) in [5, 5.41) is 11.1. The summed E-state index contributed by atoms with van der Waals surface area (Å²) >= 11 is 0. The van der Waals surface area contributed by atoms with E-state index in [1.807, 2.05) is 25.7 Å². The van der Waals surface area contributed by atoms with Gasteiger partial charge in [-0.05, 0) is 40.0 Å². The molecule has 1 aliphatic rings. The van der Waals surface area contributed by atoms with E-state index in [2.05, 4.69) is 20.3 Å². The predicted molar refractivity (Wildman–Crippen MR) is 84.0 cm³/mol. The normalized spacial score (nSPS) is 16.0. The Kier molecular flexibility index (Phi) is 4.45. The van der Waals surface area contributed by atoms with Crippen LogP contribution >= 0.6 is 0 Å². The van der Waals surface area contributed by atoms with Gasteiger partial charge in [0.2, 0.25) is 5.91 Å². The van der Waals surface area contributed by atoms with E-state index in [4.69, 9.17) is 4.52 Å². The van der Waals surface area contributed by atoms with Crippen molar-refractivity contribution in [2.45, 2.75) is 52.4 Å². The molecule has 1 N–H and O–H groups in total. The number of aryl methyl sites for hydroxylation is 3. The molecule has 23 heavy (non-hydrogen) atoms. The summed E-state index contributed by atoms with van der Waals surface area (Å²) < 4.78 is 5.15. The molecule has 0 unspecified atom stereocenters. The van der Waals surface area contributed by atoms with Gasteiger partial charge in [-0.2, -0.15) is 5.10 Å². The Bertz CT molecular complexity index is 663. The van der Waals surface area contributed by atoms with E-state index < -0.39 is 0 Å². The van der Waals surface area contributed by atoms with Crippen LogP contribution in [0.25, 0.3) is 0 Å². The molecule has 124 valence electrons. The number of nitrogens with zero attached hydrogens (tertiary/aromatic N) is 4. The first-order valence-corrected chi connectivity index (χ1v) is 8.13. The molecular weight excluding hydrogens is 294 g/mol. The average molecular weight is 317 g/mol. The Morgan fingerprint density at radius 3 is 2.61 bits per heavy atom. The number of carbonyl (C=O) groups excluding carboxylic acids is 1. The smallest absolute Gasteiger partial charge is 0.222 e. The van der Waals surface area contributed by atoms with Crippen molar-refractivity contribution < 1.29 is 9.32 Å². The maximum Gasteiger partial charge on any atom is 0.222 e. The fourth-order valence-corrected chi connectivity index (χ4v) is 3.18. The Balaban J connectivity index is 1.50. The van der Waals surface area contributed by atoms with Crippen molar-refractivity contribution in [3.63, 3.8) is 0 Å². The molecule has 0 bridgehead atoms. The first-order chi connectivity index (χ1) is 11.0. The largest absolute Gasteiger partial charge is 0.361 e. The molecule has 0 aliphatic carbocycles. The van der Waals surface area contributed by atoms with Crippen molar-refractivity contribution in [1.82, 2.24) is 25.2 Å². The number of piperidine rings is 1. The lowest BCUT2D eigenvalue weighted by Crippen LogP contribution is -2.38. The lowest BCUT2D eigenvalue weighted by Gasteiger charge is -2.30. The van der Waals surface area contributed by atoms with E-state index in [1.54, 1.807) is 0 Å². The molecule has 0 radical (unpaired) electrons. The van der Waals surface area contributed by atoms with Crippen LogP contribution in [0.1, 0.15) is 53.8 Å². The van der Waals surface area contributed by atoms with E-state index in [0.29, 0.717) is 18.8 Å². The summed E-state index contributed by atoms with van der Waals surface area (Å²) in [7, 11) is 0. The van der Waals surface area contributed by atoms with Gasteiger partial charge in [0.25, 0.3) is 0 Å². The second-order valence-corrected chi connectivity index (χ2v) is 6.24. The van der Waals surface area contributed by atoms with Crippen molar-refractivity contribution in [2.24, 2.45) is 0 Å². The molecule has 1 saturated heterocycles. The van der Waals surface area contributed by atoms with Gasteiger partial charge in [0, 0.05) is 31.0 Å². The highest BCUT2D eigenvalue weighted by molar-refractivity contribution is 5.76. The van der Waals surface area contributed by atoms with Gasteiger partial charge in [0.15, 0.2) is 5.82 Å². The van der Waals surface area contributed by atoms with Crippen molar-refractivity contribution in [3.8, 4) is 0 Å². The lowest BCUT2D eigenvalue weighted by atomic mass is 9.95. The third-order valence-corrected chi connectivity index (χ3v) is 4.60. The minimum Gasteiger partial charge on any atom is -0.361 e. The molecule has 0 spiro atoms. The molecule has 0 aromatic carbocycles. The standard InChI is InChI=1S/C16H23N5O2/c1-10-14(11(2)23-20-10)4-5-15(22)21-8-6-13(7-9-21)16-17-12(3)18-19-16/h13H,4-9H2,1-3H3,(H,17,18,19). The van der Waals surface area contributed by atoms with Gasteiger partial charge < -0.3 is 9.42 Å². The first-order valence-electron chi connectivity index (χ1n) is 8.13. The van der Waals surface area contributed by atoms with Crippen molar-refractivity contribution >= 4 is 5.91 Å². The minimum absolute atomic E-state index is 0.203. The van der Waals surface area contributed by atoms with Crippen LogP contribution in [0.4, 0.5) is 0 Å². The van der Waals surface area contributed by atoms with E-state index in [9.17, 15) is 4.79 Å². The van der Waals surface area contributed by atoms with Gasteiger partial charge in [-0.3, -0.25) is 9.89 Å². The number of hydrogen-bond donors (Lipinski definition) is 1. The summed E-state index contributed by atoms with van der Waals surface area (Å²) in [5.41, 5.74) is 1.94. The summed E-state index contributed by atoms with van der Waals surface area (Å²) in [6.45, 7) is 7.27. The maximum atomic E-state index is 12.4. The van der Waals surface area contributed by atoms with Crippen LogP contribution in [0, 0.1) is 20.8 Å². The Morgan fingerprint density at radius 1 is 1.30 bits per heavy atom. The SMILES string of the molecule is Cc1nc(C2CCN(C(=O)CCc3c(C)noc3C)CC2)n[nH]1. The van der Waals surface area contributed by atoms with Crippen LogP contribution in [0.5, 0.6) is 0 Å². The number of aromatic nitrogens is 4. The highest BCUT2D eigenvalue weighted by Gasteiger charge is 2.26. The molecule has 1 aliphatic heterocycles. The first kappa shape index (κ1) is 15.7. The molecule has 3 rings (SSSR count). The number of aromatic amines is 1. The average Bonchev–Trinajstić information content (AvgIpc) is 3.12. The predicted octanol–water partition coefficient (Wildman–Crippen LogP) is 2.06. The Morgan fingerprint density at radius 2 is 2.04 bits per heavy atom. The molecule has 7 nitrogen and oxygen atoms in total. The van der Waals surface area contributed by atoms with E-state index in [0.717, 1.165) is 54.6 Å². The fourth-order valence-electron chi connectivity index (χ4n) is 3.18. The van der Waals surface area contributed by atoms with Gasteiger partial charge in [-0.25, -0.2) is 4.98 Å². The highest BCUT2D eigenvalue weighted by Crippen LogP contribution is 2.26. The summed E-state index contributed by atoms with van der Waals surface area (Å²) in [6.07, 6.45) is 3.05. The molecule has 3 heterocycles. The number of hydrogen-bond acceptors (Lipinski definition) is 5. The summed E-state index contributed by atoms with van der Waals surface area (Å²) in [6, 6.07) is 0. The van der Waals surface area contributed by atoms with Gasteiger partial charge in [0.1, 0.15) is 11.6 Å². The Hall–Kier alpha value is -2.18. The minimum atomic E-state index is 0.203. The van der Waals surface area contributed by atoms with Crippen LogP contribution in [0.2, 0.25) is 0 Å². The second-order valence-electron chi connectivity index (χ2n) is 6.24. The van der Waals surface area contributed by atoms with Gasteiger partial charge >= 0.3 is 0 Å². The zero-order valence-corrected chi connectivity index (χ0v) is 13.9. The van der Waals surface area contributed by atoms with Gasteiger partial charge in [0.05, 0.1) is 5.69 Å². The topological polar surface area (TPSA) is 87.9 Å². The fraction of sp³-hybridized carbons (Fsp3) is 0.625. The molecule has 1 amide bonds. The molecular formula is C16H23N5O2. The zero-order chi connectivity index (χ0) is 16.4. The van der Waals surface area contributed by atoms with Crippen LogP contribution in [-0.4, -0.2) is 44.2 Å². The summed E-state index contributed by atoms with van der Waals surface area (Å²) in [4.78, 5) is 18.8. The molecule has 1 fully saturated rings. The van der Waals surface area contributed by atoms with Gasteiger partial charge in [-0.15, -0.1) is 0 Å². The Labute approximate surface area is 135 Å². The molecule has 2 aromatic heterocycles. The number of likely N-dealkylation sites (tertiary alicyclic amines) is 1. The van der Waals surface area contributed by atoms with Crippen LogP contribution in [0.3, 0.4) is 0 Å². The van der Waals surface area contributed by atoms with Crippen LogP contribution in [-0.2, 0) is 11.2 Å². The molecule has 0 saturated carbocycles. The van der Waals surface area contributed by atoms with Crippen molar-refractivity contribution in [2.75, 3.05) is 13.1 Å². The van der Waals surface area contributed by atoms with E-state index in [-0.39, 0.29) is 5.91 Å². The maximum absolute atomic E-state index is 12.4. The lowest BCUT2D eigenvalue weighted by molar-refractivity contribution is -0.132. The van der Waals surface area contributed by atoms with E-state index >= 15 is 0 Å². The molecule has 7 heteroatoms. The highest BCUT2D eigenvalue weighted by atomic mass is 16.5. The van der Waals surface area contributed by atoms with Crippen molar-refractivity contribution in [1.29, 1.82) is 0 Å². The molecule has 0 atom stereocenters. The van der Waals surface area contributed by atoms with Crippen LogP contribution in [0.15, 0.2) is 4.52 Å². The molecule has 2 aromatic rings. The second kappa shape index (κ2) is 6.52. The monoisotopic (exact) mass is 317 g/mol. The third-order valence-electron chi connectivity index (χ3n) is 4.60. The van der Waals surface area contributed by atoms with Crippen molar-refractivity contribution in [3.05, 3.63) is 28.7 Å². The third kappa shape index (κ3) is 3.43. The van der Waals surface area contributed by atoms with Crippen LogP contribution < -0.4 is 0 Å².